The Kier molecular flexibility index (Phi) is 8.01. The maximum absolute atomic E-state index is 14.5. The summed E-state index contributed by atoms with van der Waals surface area (Å²) in [6.45, 7) is 5.79. The highest BCUT2D eigenvalue weighted by Gasteiger charge is 2.55. The predicted molar refractivity (Wildman–Crippen MR) is 143 cm³/mol. The highest BCUT2D eigenvalue weighted by Crippen LogP contribution is 2.40. The Hall–Kier alpha value is -3.14. The zero-order valence-electron chi connectivity index (χ0n) is 21.2. The molecular weight excluding hydrogens is 533 g/mol. The fraction of sp³-hybridized carbons (Fsp3) is 0.286. The van der Waals surface area contributed by atoms with E-state index in [1.165, 1.54) is 18.5 Å². The van der Waals surface area contributed by atoms with Crippen molar-refractivity contribution in [3.05, 3.63) is 101 Å². The lowest BCUT2D eigenvalue weighted by molar-refractivity contribution is -0.602. The first-order chi connectivity index (χ1) is 17.9. The smallest absolute Gasteiger partial charge is 0.413 e. The van der Waals surface area contributed by atoms with Gasteiger partial charge in [-0.2, -0.15) is 17.9 Å². The fourth-order valence-corrected chi connectivity index (χ4v) is 9.56. The molecule has 0 bridgehead atoms. The van der Waals surface area contributed by atoms with Crippen molar-refractivity contribution >= 4 is 30.3 Å². The van der Waals surface area contributed by atoms with Gasteiger partial charge in [-0.1, -0.05) is 81.4 Å². The maximum atomic E-state index is 14.5. The molecule has 0 aliphatic heterocycles. The lowest BCUT2D eigenvalue weighted by Crippen LogP contribution is -2.68. The van der Waals surface area contributed by atoms with Gasteiger partial charge in [-0.25, -0.2) is 4.98 Å². The molecule has 2 heterocycles. The first kappa shape index (κ1) is 27.9. The average Bonchev–Trinajstić information content (AvgIpc) is 3.34. The SMILES string of the molecule is CC(C)(C)[Si](OC(CCc1ncc(-c2ccc[n+]([O-])c2Cl)o1)C(F)(F)F)(c1ccccc1)c1ccccc1. The Balaban J connectivity index is 1.69. The third-order valence-electron chi connectivity index (χ3n) is 6.44. The number of aromatic nitrogens is 2. The van der Waals surface area contributed by atoms with Gasteiger partial charge < -0.3 is 14.1 Å². The minimum absolute atomic E-state index is 0.0951. The van der Waals surface area contributed by atoms with Crippen LogP contribution in [0.3, 0.4) is 0 Å². The topological polar surface area (TPSA) is 62.2 Å². The van der Waals surface area contributed by atoms with Gasteiger partial charge in [0.1, 0.15) is 11.7 Å². The second-order valence-electron chi connectivity index (χ2n) is 10.0. The minimum Gasteiger partial charge on any atom is -0.618 e. The molecule has 38 heavy (non-hydrogen) atoms. The molecule has 0 N–H and O–H groups in total. The van der Waals surface area contributed by atoms with Crippen LogP contribution >= 0.6 is 11.6 Å². The Morgan fingerprint density at radius 1 is 0.974 bits per heavy atom. The van der Waals surface area contributed by atoms with Gasteiger partial charge >= 0.3 is 6.18 Å². The summed E-state index contributed by atoms with van der Waals surface area (Å²) in [5, 5.41) is 12.6. The molecule has 2 aromatic carbocycles. The molecule has 10 heteroatoms. The summed E-state index contributed by atoms with van der Waals surface area (Å²) in [6.07, 6.45) is -4.61. The maximum Gasteiger partial charge on any atom is 0.413 e. The van der Waals surface area contributed by atoms with E-state index in [9.17, 15) is 18.4 Å². The third kappa shape index (κ3) is 5.65. The molecule has 0 aliphatic rings. The molecule has 5 nitrogen and oxygen atoms in total. The predicted octanol–water partition coefficient (Wildman–Crippen LogP) is 6.07. The van der Waals surface area contributed by atoms with E-state index >= 15 is 0 Å². The van der Waals surface area contributed by atoms with E-state index in [-0.39, 0.29) is 23.2 Å². The Morgan fingerprint density at radius 2 is 1.55 bits per heavy atom. The highest BCUT2D eigenvalue weighted by molar-refractivity contribution is 6.99. The quantitative estimate of drug-likeness (QED) is 0.114. The molecule has 4 rings (SSSR count). The van der Waals surface area contributed by atoms with Crippen LogP contribution in [0.1, 0.15) is 33.1 Å². The molecule has 0 aliphatic carbocycles. The number of pyridine rings is 1. The van der Waals surface area contributed by atoms with Gasteiger partial charge in [0.05, 0.1) is 6.20 Å². The van der Waals surface area contributed by atoms with Gasteiger partial charge in [0.15, 0.2) is 17.8 Å². The van der Waals surface area contributed by atoms with Crippen LogP contribution in [0.5, 0.6) is 0 Å². The molecule has 2 aromatic heterocycles. The second-order valence-corrected chi connectivity index (χ2v) is 14.6. The summed E-state index contributed by atoms with van der Waals surface area (Å²) in [7, 11) is -3.45. The van der Waals surface area contributed by atoms with E-state index in [1.807, 2.05) is 81.4 Å². The number of aryl methyl sites for hydroxylation is 1. The van der Waals surface area contributed by atoms with Crippen LogP contribution in [0.25, 0.3) is 11.3 Å². The molecule has 0 saturated heterocycles. The number of benzene rings is 2. The Bertz CT molecular complexity index is 1320. The first-order valence-electron chi connectivity index (χ1n) is 12.1. The van der Waals surface area contributed by atoms with Crippen LogP contribution in [0.15, 0.2) is 89.6 Å². The summed E-state index contributed by atoms with van der Waals surface area (Å²) in [5.74, 6) is 0.296. The first-order valence-corrected chi connectivity index (χ1v) is 14.4. The van der Waals surface area contributed by atoms with Crippen LogP contribution in [-0.4, -0.2) is 25.6 Å². The Morgan fingerprint density at radius 3 is 2.08 bits per heavy atom. The number of halogens is 4. The van der Waals surface area contributed by atoms with E-state index in [4.69, 9.17) is 20.4 Å². The fourth-order valence-electron chi connectivity index (χ4n) is 4.65. The summed E-state index contributed by atoms with van der Waals surface area (Å²) in [4.78, 5) is 4.13. The number of nitrogens with zero attached hydrogens (tertiary/aromatic N) is 2. The standard InChI is InChI=1S/C28H28ClF3N2O3Si/c1-27(2,3)38(20-11-6-4-7-12-20,21-13-8-5-9-14-21)37-24(28(30,31)32)16-17-25-33-19-23(36-25)22-15-10-18-34(35)26(22)29/h4-15,18-19,24H,16-17H2,1-3H3. The monoisotopic (exact) mass is 560 g/mol. The molecule has 1 unspecified atom stereocenters. The molecule has 200 valence electrons. The zero-order chi connectivity index (χ0) is 27.6. The van der Waals surface area contributed by atoms with Gasteiger partial charge in [0.2, 0.25) is 0 Å². The van der Waals surface area contributed by atoms with Crippen LogP contribution in [0, 0.1) is 5.21 Å². The van der Waals surface area contributed by atoms with Gasteiger partial charge in [-0.15, -0.1) is 0 Å². The van der Waals surface area contributed by atoms with E-state index in [0.717, 1.165) is 10.4 Å². The van der Waals surface area contributed by atoms with Crippen molar-refractivity contribution in [2.45, 2.75) is 50.9 Å². The van der Waals surface area contributed by atoms with E-state index in [1.54, 1.807) is 6.07 Å². The summed E-state index contributed by atoms with van der Waals surface area (Å²) >= 11 is 6.05. The van der Waals surface area contributed by atoms with Crippen molar-refractivity contribution in [3.63, 3.8) is 0 Å². The van der Waals surface area contributed by atoms with Crippen molar-refractivity contribution in [2.24, 2.45) is 0 Å². The highest BCUT2D eigenvalue weighted by atomic mass is 35.5. The van der Waals surface area contributed by atoms with E-state index in [2.05, 4.69) is 4.98 Å². The number of hydrogen-bond donors (Lipinski definition) is 0. The lowest BCUT2D eigenvalue weighted by Gasteiger charge is -2.45. The normalized spacial score (nSPS) is 13.4. The summed E-state index contributed by atoms with van der Waals surface area (Å²) < 4.78 is 56.1. The van der Waals surface area contributed by atoms with Gasteiger partial charge in [0.25, 0.3) is 13.5 Å². The van der Waals surface area contributed by atoms with Crippen LogP contribution in [-0.2, 0) is 10.8 Å². The minimum atomic E-state index is -4.63. The van der Waals surface area contributed by atoms with E-state index < -0.39 is 32.1 Å². The molecular formula is C28H28ClF3N2O3Si. The molecule has 0 fully saturated rings. The second kappa shape index (κ2) is 10.9. The zero-order valence-corrected chi connectivity index (χ0v) is 23.0. The van der Waals surface area contributed by atoms with Gasteiger partial charge in [0, 0.05) is 12.5 Å². The largest absolute Gasteiger partial charge is 0.618 e. The molecule has 0 radical (unpaired) electrons. The van der Waals surface area contributed by atoms with Gasteiger partial charge in [-0.05, 0) is 39.5 Å². The summed E-state index contributed by atoms with van der Waals surface area (Å²) in [6, 6.07) is 21.5. The van der Waals surface area contributed by atoms with Gasteiger partial charge in [-0.3, -0.25) is 0 Å². The van der Waals surface area contributed by atoms with Crippen LogP contribution in [0.2, 0.25) is 10.2 Å². The molecule has 0 amide bonds. The van der Waals surface area contributed by atoms with Crippen molar-refractivity contribution in [2.75, 3.05) is 0 Å². The van der Waals surface area contributed by atoms with Crippen molar-refractivity contribution in [3.8, 4) is 11.3 Å². The number of hydrogen-bond acceptors (Lipinski definition) is 4. The number of oxazole rings is 1. The van der Waals surface area contributed by atoms with E-state index in [0.29, 0.717) is 10.3 Å². The van der Waals surface area contributed by atoms with Crippen molar-refractivity contribution in [1.29, 1.82) is 0 Å². The molecule has 0 spiro atoms. The molecule has 0 saturated carbocycles. The Labute approximate surface area is 225 Å². The third-order valence-corrected chi connectivity index (χ3v) is 11.9. The molecule has 1 atom stereocenters. The van der Waals surface area contributed by atoms with Crippen molar-refractivity contribution in [1.82, 2.24) is 4.98 Å². The number of alkyl halides is 3. The lowest BCUT2D eigenvalue weighted by atomic mass is 10.2. The van der Waals surface area contributed by atoms with Crippen LogP contribution < -0.4 is 15.1 Å². The summed E-state index contributed by atoms with van der Waals surface area (Å²) in [5.41, 5.74) is 0.304. The number of rotatable bonds is 8. The van der Waals surface area contributed by atoms with Crippen molar-refractivity contribution < 1.29 is 26.7 Å². The van der Waals surface area contributed by atoms with Crippen LogP contribution in [0.4, 0.5) is 13.2 Å². The molecule has 4 aromatic rings. The average molecular weight is 561 g/mol.